The van der Waals surface area contributed by atoms with Gasteiger partial charge >= 0.3 is 0 Å². The van der Waals surface area contributed by atoms with Crippen molar-refractivity contribution in [2.24, 2.45) is 0 Å². The molecule has 0 fully saturated rings. The molecule has 0 spiro atoms. The van der Waals surface area contributed by atoms with E-state index in [0.29, 0.717) is 12.1 Å². The van der Waals surface area contributed by atoms with Gasteiger partial charge in [-0.15, -0.1) is 0 Å². The Morgan fingerprint density at radius 2 is 1.84 bits per heavy atom. The van der Waals surface area contributed by atoms with Gasteiger partial charge in [-0.3, -0.25) is 4.79 Å². The van der Waals surface area contributed by atoms with Crippen molar-refractivity contribution in [3.63, 3.8) is 0 Å². The molecule has 0 N–H and O–H groups in total. The largest absolute Gasteiger partial charge is 0.293 e. The van der Waals surface area contributed by atoms with Crippen molar-refractivity contribution in [1.29, 1.82) is 0 Å². The normalized spacial score (nSPS) is 13.5. The lowest BCUT2D eigenvalue weighted by molar-refractivity contribution is 0.0989. The standard InChI is InChI=1S/C14H21NO3S/c1-4-5-11-15(3)19(17,18)12(2)14(16)13-9-7-6-8-10-13/h6-10,12H,4-5,11H2,1-3H3. The van der Waals surface area contributed by atoms with Crippen molar-refractivity contribution < 1.29 is 13.2 Å². The van der Waals surface area contributed by atoms with Crippen LogP contribution in [0.15, 0.2) is 30.3 Å². The third-order valence-electron chi connectivity index (χ3n) is 3.14. The van der Waals surface area contributed by atoms with Crippen LogP contribution in [0.1, 0.15) is 37.0 Å². The van der Waals surface area contributed by atoms with Gasteiger partial charge in [0, 0.05) is 19.2 Å². The van der Waals surface area contributed by atoms with Gasteiger partial charge in [-0.1, -0.05) is 43.7 Å². The van der Waals surface area contributed by atoms with E-state index in [4.69, 9.17) is 0 Å². The van der Waals surface area contributed by atoms with Crippen molar-refractivity contribution in [3.8, 4) is 0 Å². The highest BCUT2D eigenvalue weighted by Crippen LogP contribution is 2.14. The molecular formula is C14H21NO3S. The molecule has 19 heavy (non-hydrogen) atoms. The number of unbranched alkanes of at least 4 members (excludes halogenated alkanes) is 1. The van der Waals surface area contributed by atoms with Gasteiger partial charge in [-0.2, -0.15) is 0 Å². The molecule has 0 aliphatic carbocycles. The first-order valence-electron chi connectivity index (χ1n) is 6.45. The molecule has 0 radical (unpaired) electrons. The van der Waals surface area contributed by atoms with Gasteiger partial charge in [0.25, 0.3) is 0 Å². The fourth-order valence-electron chi connectivity index (χ4n) is 1.75. The molecule has 0 aromatic heterocycles. The fourth-order valence-corrected chi connectivity index (χ4v) is 3.08. The molecule has 0 amide bonds. The average Bonchev–Trinajstić information content (AvgIpc) is 2.43. The summed E-state index contributed by atoms with van der Waals surface area (Å²) in [5, 5.41) is -1.04. The highest BCUT2D eigenvalue weighted by molar-refractivity contribution is 7.90. The summed E-state index contributed by atoms with van der Waals surface area (Å²) in [6, 6.07) is 8.53. The van der Waals surface area contributed by atoms with Crippen molar-refractivity contribution in [1.82, 2.24) is 4.31 Å². The van der Waals surface area contributed by atoms with Crippen LogP contribution in [0.4, 0.5) is 0 Å². The predicted molar refractivity (Wildman–Crippen MR) is 76.7 cm³/mol. The molecule has 106 valence electrons. The molecule has 0 aliphatic heterocycles. The molecule has 1 aromatic carbocycles. The van der Waals surface area contributed by atoms with Gasteiger partial charge in [-0.05, 0) is 13.3 Å². The lowest BCUT2D eigenvalue weighted by Crippen LogP contribution is -2.39. The van der Waals surface area contributed by atoms with Crippen LogP contribution in [0, 0.1) is 0 Å². The van der Waals surface area contributed by atoms with Crippen LogP contribution in [0.25, 0.3) is 0 Å². The van der Waals surface area contributed by atoms with Crippen molar-refractivity contribution >= 4 is 15.8 Å². The smallest absolute Gasteiger partial charge is 0.223 e. The number of hydrogen-bond acceptors (Lipinski definition) is 3. The van der Waals surface area contributed by atoms with E-state index in [1.165, 1.54) is 18.3 Å². The van der Waals surface area contributed by atoms with Crippen molar-refractivity contribution in [2.45, 2.75) is 31.9 Å². The minimum Gasteiger partial charge on any atom is -0.293 e. The molecule has 0 heterocycles. The summed E-state index contributed by atoms with van der Waals surface area (Å²) >= 11 is 0. The van der Waals surface area contributed by atoms with Crippen molar-refractivity contribution in [3.05, 3.63) is 35.9 Å². The maximum atomic E-state index is 12.3. The van der Waals surface area contributed by atoms with Gasteiger partial charge in [0.1, 0.15) is 5.25 Å². The molecule has 1 aromatic rings. The van der Waals surface area contributed by atoms with Crippen LogP contribution in [0.2, 0.25) is 0 Å². The molecular weight excluding hydrogens is 262 g/mol. The van der Waals surface area contributed by atoms with Crippen LogP contribution in [-0.4, -0.2) is 37.3 Å². The molecule has 1 atom stereocenters. The Kier molecular flexibility index (Phi) is 5.69. The maximum Gasteiger partial charge on any atom is 0.223 e. The minimum absolute atomic E-state index is 0.357. The van der Waals surface area contributed by atoms with Crippen LogP contribution >= 0.6 is 0 Å². The third kappa shape index (κ3) is 3.88. The average molecular weight is 283 g/mol. The van der Waals surface area contributed by atoms with Crippen LogP contribution in [0.3, 0.4) is 0 Å². The first-order valence-corrected chi connectivity index (χ1v) is 7.96. The van der Waals surface area contributed by atoms with Crippen LogP contribution in [-0.2, 0) is 10.0 Å². The van der Waals surface area contributed by atoms with Crippen LogP contribution in [0.5, 0.6) is 0 Å². The Morgan fingerprint density at radius 1 is 1.26 bits per heavy atom. The summed E-state index contributed by atoms with van der Waals surface area (Å²) in [5.41, 5.74) is 0.433. The first-order chi connectivity index (χ1) is 8.91. The number of hydrogen-bond donors (Lipinski definition) is 0. The lowest BCUT2D eigenvalue weighted by Gasteiger charge is -2.21. The van der Waals surface area contributed by atoms with Gasteiger partial charge in [0.2, 0.25) is 10.0 Å². The molecule has 1 rings (SSSR count). The summed E-state index contributed by atoms with van der Waals surface area (Å²) < 4.78 is 25.8. The summed E-state index contributed by atoms with van der Waals surface area (Å²) in [7, 11) is -2.05. The third-order valence-corrected chi connectivity index (χ3v) is 5.29. The van der Waals surface area contributed by atoms with Crippen LogP contribution < -0.4 is 0 Å². The topological polar surface area (TPSA) is 54.5 Å². The number of benzene rings is 1. The second-order valence-electron chi connectivity index (χ2n) is 4.59. The molecule has 1 unspecified atom stereocenters. The molecule has 0 bridgehead atoms. The zero-order valence-electron chi connectivity index (χ0n) is 11.7. The maximum absolute atomic E-state index is 12.3. The first kappa shape index (κ1) is 15.9. The Morgan fingerprint density at radius 3 is 2.37 bits per heavy atom. The van der Waals surface area contributed by atoms with E-state index < -0.39 is 15.3 Å². The molecule has 0 saturated heterocycles. The number of carbonyl (C=O) groups excluding carboxylic acids is 1. The van der Waals surface area contributed by atoms with E-state index in [9.17, 15) is 13.2 Å². The van der Waals surface area contributed by atoms with E-state index in [0.717, 1.165) is 12.8 Å². The molecule has 5 heteroatoms. The number of sulfonamides is 1. The van der Waals surface area contributed by atoms with Crippen molar-refractivity contribution in [2.75, 3.05) is 13.6 Å². The van der Waals surface area contributed by atoms with Gasteiger partial charge in [0.05, 0.1) is 0 Å². The Balaban J connectivity index is 2.87. The SMILES string of the molecule is CCCCN(C)S(=O)(=O)C(C)C(=O)c1ccccc1. The van der Waals surface area contributed by atoms with E-state index in [1.54, 1.807) is 30.3 Å². The van der Waals surface area contributed by atoms with E-state index in [1.807, 2.05) is 6.92 Å². The summed E-state index contributed by atoms with van der Waals surface area (Å²) in [6.45, 7) is 3.90. The van der Waals surface area contributed by atoms with E-state index >= 15 is 0 Å². The highest BCUT2D eigenvalue weighted by Gasteiger charge is 2.31. The van der Waals surface area contributed by atoms with Gasteiger partial charge in [0.15, 0.2) is 5.78 Å². The quantitative estimate of drug-likeness (QED) is 0.722. The summed E-state index contributed by atoms with van der Waals surface area (Å²) in [6.07, 6.45) is 1.71. The fraction of sp³-hybridized carbons (Fsp3) is 0.500. The minimum atomic E-state index is -3.57. The molecule has 0 saturated carbocycles. The number of Topliss-reactive ketones (excluding diaryl/α,β-unsaturated/α-hetero) is 1. The second-order valence-corrected chi connectivity index (χ2v) is 6.95. The number of rotatable bonds is 7. The molecule has 4 nitrogen and oxygen atoms in total. The zero-order valence-corrected chi connectivity index (χ0v) is 12.5. The Hall–Kier alpha value is -1.20. The van der Waals surface area contributed by atoms with E-state index in [-0.39, 0.29) is 5.78 Å². The number of carbonyl (C=O) groups is 1. The number of ketones is 1. The lowest BCUT2D eigenvalue weighted by atomic mass is 10.1. The monoisotopic (exact) mass is 283 g/mol. The van der Waals surface area contributed by atoms with Gasteiger partial charge in [-0.25, -0.2) is 12.7 Å². The molecule has 0 aliphatic rings. The van der Waals surface area contributed by atoms with Gasteiger partial charge < -0.3 is 0 Å². The Labute approximate surface area is 115 Å². The number of nitrogens with zero attached hydrogens (tertiary/aromatic N) is 1. The zero-order chi connectivity index (χ0) is 14.5. The highest BCUT2D eigenvalue weighted by atomic mass is 32.2. The second kappa shape index (κ2) is 6.82. The summed E-state index contributed by atoms with van der Waals surface area (Å²) in [4.78, 5) is 12.2. The Bertz CT molecular complexity index is 511. The summed E-state index contributed by atoms with van der Waals surface area (Å²) in [5.74, 6) is -0.357. The predicted octanol–water partition coefficient (Wildman–Crippen LogP) is 2.32. The van der Waals surface area contributed by atoms with E-state index in [2.05, 4.69) is 0 Å².